The number of rotatable bonds is 8. The summed E-state index contributed by atoms with van der Waals surface area (Å²) in [5.74, 6) is 1.54. The summed E-state index contributed by atoms with van der Waals surface area (Å²) in [6, 6.07) is 6.54. The molecule has 1 atom stereocenters. The monoisotopic (exact) mass is 280 g/mol. The van der Waals surface area contributed by atoms with Gasteiger partial charge in [0, 0.05) is 18.2 Å². The molecule has 0 heterocycles. The highest BCUT2D eigenvalue weighted by Crippen LogP contribution is 2.37. The molecule has 0 saturated carbocycles. The van der Waals surface area contributed by atoms with E-state index in [4.69, 9.17) is 15.2 Å². The number of nitrogens with zero attached hydrogens (tertiary/aromatic N) is 1. The van der Waals surface area contributed by atoms with E-state index in [1.807, 2.05) is 12.1 Å². The Bertz CT molecular complexity index is 407. The van der Waals surface area contributed by atoms with Crippen molar-refractivity contribution in [3.05, 3.63) is 23.8 Å². The van der Waals surface area contributed by atoms with E-state index >= 15 is 0 Å². The Morgan fingerprint density at radius 2 is 1.90 bits per heavy atom. The fraction of sp³-hybridized carbons (Fsp3) is 0.625. The number of para-hydroxylation sites is 1. The van der Waals surface area contributed by atoms with Gasteiger partial charge in [0.2, 0.25) is 0 Å². The fourth-order valence-electron chi connectivity index (χ4n) is 2.65. The highest BCUT2D eigenvalue weighted by Gasteiger charge is 2.25. The molecule has 1 unspecified atom stereocenters. The molecule has 0 spiro atoms. The highest BCUT2D eigenvalue weighted by atomic mass is 16.5. The van der Waals surface area contributed by atoms with Gasteiger partial charge >= 0.3 is 0 Å². The molecule has 2 N–H and O–H groups in total. The number of methoxy groups -OCH3 is 2. The number of nitrogens with two attached hydrogens (primary N) is 1. The molecule has 4 nitrogen and oxygen atoms in total. The number of benzene rings is 1. The van der Waals surface area contributed by atoms with Gasteiger partial charge in [0.1, 0.15) is 0 Å². The zero-order valence-electron chi connectivity index (χ0n) is 13.3. The molecule has 20 heavy (non-hydrogen) atoms. The maximum absolute atomic E-state index is 6.05. The molecule has 0 aliphatic heterocycles. The third-order valence-corrected chi connectivity index (χ3v) is 3.56. The van der Waals surface area contributed by atoms with Crippen LogP contribution in [0.5, 0.6) is 11.5 Å². The number of ether oxygens (including phenoxy) is 2. The molecule has 0 saturated heterocycles. The summed E-state index contributed by atoms with van der Waals surface area (Å²) in [5.41, 5.74) is 7.14. The molecule has 0 aromatic heterocycles. The topological polar surface area (TPSA) is 47.7 Å². The first kappa shape index (κ1) is 16.8. The largest absolute Gasteiger partial charge is 0.493 e. The maximum atomic E-state index is 6.05. The SMILES string of the molecule is CCCN(C(C)C)C(CN)c1cccc(OC)c1OC. The van der Waals surface area contributed by atoms with Gasteiger partial charge in [-0.2, -0.15) is 0 Å². The Balaban J connectivity index is 3.23. The second-order valence-corrected chi connectivity index (χ2v) is 5.17. The number of hydrogen-bond donors (Lipinski definition) is 1. The third-order valence-electron chi connectivity index (χ3n) is 3.56. The van der Waals surface area contributed by atoms with Gasteiger partial charge in [0.25, 0.3) is 0 Å². The Morgan fingerprint density at radius 3 is 2.35 bits per heavy atom. The molecule has 0 radical (unpaired) electrons. The summed E-state index contributed by atoms with van der Waals surface area (Å²) in [6.07, 6.45) is 1.10. The molecule has 4 heteroatoms. The van der Waals surface area contributed by atoms with E-state index in [0.717, 1.165) is 30.0 Å². The van der Waals surface area contributed by atoms with Gasteiger partial charge in [0.05, 0.1) is 20.3 Å². The van der Waals surface area contributed by atoms with E-state index in [0.29, 0.717) is 12.6 Å². The quantitative estimate of drug-likeness (QED) is 0.795. The Labute approximate surface area is 122 Å². The average Bonchev–Trinajstić information content (AvgIpc) is 2.46. The predicted molar refractivity (Wildman–Crippen MR) is 83.5 cm³/mol. The van der Waals surface area contributed by atoms with Gasteiger partial charge in [-0.05, 0) is 32.9 Å². The highest BCUT2D eigenvalue weighted by molar-refractivity contribution is 5.48. The molecule has 0 amide bonds. The Hall–Kier alpha value is -1.26. The van der Waals surface area contributed by atoms with E-state index in [1.54, 1.807) is 14.2 Å². The Kier molecular flexibility index (Phi) is 6.82. The Morgan fingerprint density at radius 1 is 1.20 bits per heavy atom. The molecule has 1 aromatic rings. The van der Waals surface area contributed by atoms with Crippen LogP contribution in [0, 0.1) is 0 Å². The van der Waals surface area contributed by atoms with Crippen LogP contribution in [0.1, 0.15) is 38.8 Å². The first-order valence-electron chi connectivity index (χ1n) is 7.27. The lowest BCUT2D eigenvalue weighted by molar-refractivity contribution is 0.154. The third kappa shape index (κ3) is 3.64. The normalized spacial score (nSPS) is 12.8. The van der Waals surface area contributed by atoms with E-state index in [-0.39, 0.29) is 6.04 Å². The smallest absolute Gasteiger partial charge is 0.165 e. The van der Waals surface area contributed by atoms with Crippen molar-refractivity contribution in [1.82, 2.24) is 4.90 Å². The zero-order valence-corrected chi connectivity index (χ0v) is 13.3. The second-order valence-electron chi connectivity index (χ2n) is 5.17. The van der Waals surface area contributed by atoms with Crippen LogP contribution in [0.4, 0.5) is 0 Å². The van der Waals surface area contributed by atoms with Crippen molar-refractivity contribution in [3.63, 3.8) is 0 Å². The van der Waals surface area contributed by atoms with Crippen LogP contribution in [0.15, 0.2) is 18.2 Å². The van der Waals surface area contributed by atoms with Gasteiger partial charge in [-0.15, -0.1) is 0 Å². The zero-order chi connectivity index (χ0) is 15.1. The van der Waals surface area contributed by atoms with Crippen molar-refractivity contribution >= 4 is 0 Å². The summed E-state index contributed by atoms with van der Waals surface area (Å²) in [5, 5.41) is 0. The minimum atomic E-state index is 0.139. The molecule has 1 aromatic carbocycles. The van der Waals surface area contributed by atoms with Crippen LogP contribution in [-0.2, 0) is 0 Å². The summed E-state index contributed by atoms with van der Waals surface area (Å²) >= 11 is 0. The van der Waals surface area contributed by atoms with Crippen molar-refractivity contribution in [2.45, 2.75) is 39.3 Å². The van der Waals surface area contributed by atoms with Crippen molar-refractivity contribution in [1.29, 1.82) is 0 Å². The van der Waals surface area contributed by atoms with Crippen LogP contribution >= 0.6 is 0 Å². The van der Waals surface area contributed by atoms with E-state index < -0.39 is 0 Å². The minimum absolute atomic E-state index is 0.139. The van der Waals surface area contributed by atoms with Crippen LogP contribution in [0.3, 0.4) is 0 Å². The summed E-state index contributed by atoms with van der Waals surface area (Å²) < 4.78 is 10.9. The fourth-order valence-corrected chi connectivity index (χ4v) is 2.65. The van der Waals surface area contributed by atoms with Gasteiger partial charge in [-0.1, -0.05) is 19.1 Å². The lowest BCUT2D eigenvalue weighted by Gasteiger charge is -2.35. The van der Waals surface area contributed by atoms with Gasteiger partial charge in [-0.25, -0.2) is 0 Å². The molecule has 0 aliphatic rings. The lowest BCUT2D eigenvalue weighted by atomic mass is 10.0. The molecular weight excluding hydrogens is 252 g/mol. The lowest BCUT2D eigenvalue weighted by Crippen LogP contribution is -2.39. The average molecular weight is 280 g/mol. The van der Waals surface area contributed by atoms with Crippen LogP contribution in [-0.4, -0.2) is 38.3 Å². The molecular formula is C16H28N2O2. The summed E-state index contributed by atoms with van der Waals surface area (Å²) in [6.45, 7) is 8.16. The molecule has 0 aliphatic carbocycles. The molecule has 1 rings (SSSR count). The van der Waals surface area contributed by atoms with Gasteiger partial charge < -0.3 is 15.2 Å². The van der Waals surface area contributed by atoms with Crippen LogP contribution in [0.25, 0.3) is 0 Å². The van der Waals surface area contributed by atoms with E-state index in [9.17, 15) is 0 Å². The first-order chi connectivity index (χ1) is 9.60. The molecule has 0 fully saturated rings. The van der Waals surface area contributed by atoms with E-state index in [2.05, 4.69) is 31.7 Å². The van der Waals surface area contributed by atoms with E-state index in [1.165, 1.54) is 0 Å². The van der Waals surface area contributed by atoms with Gasteiger partial charge in [0.15, 0.2) is 11.5 Å². The molecule has 114 valence electrons. The first-order valence-corrected chi connectivity index (χ1v) is 7.27. The predicted octanol–water partition coefficient (Wildman–Crippen LogP) is 2.82. The second kappa shape index (κ2) is 8.12. The van der Waals surface area contributed by atoms with Crippen LogP contribution < -0.4 is 15.2 Å². The maximum Gasteiger partial charge on any atom is 0.165 e. The summed E-state index contributed by atoms with van der Waals surface area (Å²) in [7, 11) is 3.33. The van der Waals surface area contributed by atoms with Crippen molar-refractivity contribution in [2.24, 2.45) is 5.73 Å². The minimum Gasteiger partial charge on any atom is -0.493 e. The summed E-state index contributed by atoms with van der Waals surface area (Å²) in [4.78, 5) is 2.41. The van der Waals surface area contributed by atoms with Crippen molar-refractivity contribution in [2.75, 3.05) is 27.3 Å². The van der Waals surface area contributed by atoms with Crippen LogP contribution in [0.2, 0.25) is 0 Å². The van der Waals surface area contributed by atoms with Gasteiger partial charge in [-0.3, -0.25) is 4.90 Å². The number of hydrogen-bond acceptors (Lipinski definition) is 4. The van der Waals surface area contributed by atoms with Crippen molar-refractivity contribution in [3.8, 4) is 11.5 Å². The van der Waals surface area contributed by atoms with Crippen molar-refractivity contribution < 1.29 is 9.47 Å². The standard InChI is InChI=1S/C16H28N2O2/c1-6-10-18(12(2)3)14(11-17)13-8-7-9-15(19-4)16(13)20-5/h7-9,12,14H,6,10-11,17H2,1-5H3. The molecule has 0 bridgehead atoms.